The zero-order valence-corrected chi connectivity index (χ0v) is 41.8. The Morgan fingerprint density at radius 2 is 1.72 bits per heavy atom. The smallest absolute Gasteiger partial charge is 0.314 e. The molecule has 4 unspecified atom stereocenters. The lowest BCUT2D eigenvalue weighted by atomic mass is 9.82. The highest BCUT2D eigenvalue weighted by atomic mass is 16.7. The molecule has 6 N–H and O–H groups in total. The van der Waals surface area contributed by atoms with Crippen LogP contribution in [0.5, 0.6) is 11.5 Å². The zero-order chi connectivity index (χ0) is 50.2. The molecule has 1 spiro atoms. The number of likely N-dealkylation sites (tertiary alicyclic amines) is 1. The number of esters is 1. The number of allylic oxidation sites excluding steroid dienone is 5. The van der Waals surface area contributed by atoms with Crippen molar-refractivity contribution in [3.8, 4) is 11.5 Å². The van der Waals surface area contributed by atoms with Gasteiger partial charge in [-0.3, -0.25) is 24.2 Å². The van der Waals surface area contributed by atoms with Gasteiger partial charge in [0.05, 0.1) is 47.1 Å². The molecule has 1 aromatic rings. The summed E-state index contributed by atoms with van der Waals surface area (Å²) in [6.07, 6.45) is 6.04. The van der Waals surface area contributed by atoms with Gasteiger partial charge in [-0.1, -0.05) is 52.8 Å². The Hall–Kier alpha value is -4.91. The number of carbonyl (C=O) groups excluding carboxylic acids is 4. The van der Waals surface area contributed by atoms with Gasteiger partial charge in [0.1, 0.15) is 35.4 Å². The molecule has 1 aromatic carbocycles. The number of ketones is 2. The number of aliphatic imine (C=N–C) groups is 1. The van der Waals surface area contributed by atoms with E-state index in [1.807, 2.05) is 25.9 Å². The number of benzene rings is 1. The van der Waals surface area contributed by atoms with Crippen LogP contribution in [0, 0.1) is 36.5 Å². The number of Topliss-reactive ketones (excluding diaryl/α,β-unsaturated/α-hetero) is 2. The highest BCUT2D eigenvalue weighted by molar-refractivity contribution is 6.34. The van der Waals surface area contributed by atoms with Crippen molar-refractivity contribution in [3.05, 3.63) is 69.8 Å². The molecular formula is C51H73N5O12. The summed E-state index contributed by atoms with van der Waals surface area (Å²) in [5, 5.41) is 52.8. The monoisotopic (exact) mass is 948 g/mol. The van der Waals surface area contributed by atoms with E-state index in [9.17, 15) is 39.6 Å². The van der Waals surface area contributed by atoms with Crippen LogP contribution >= 0.6 is 0 Å². The molecule has 5 heterocycles. The Labute approximate surface area is 400 Å². The van der Waals surface area contributed by atoms with E-state index in [-0.39, 0.29) is 70.1 Å². The second-order valence-corrected chi connectivity index (χ2v) is 20.5. The topological polar surface area (TPSA) is 229 Å². The summed E-state index contributed by atoms with van der Waals surface area (Å²) < 4.78 is 24.2. The number of nitrogens with zero attached hydrogens (tertiary/aromatic N) is 3. The summed E-state index contributed by atoms with van der Waals surface area (Å²) >= 11 is 0. The van der Waals surface area contributed by atoms with Crippen molar-refractivity contribution in [2.75, 3.05) is 46.9 Å². The SMILES string of the molecule is C/C1=C/C=C/[C@H](C)[C@H](O)CC(O)[C@@H](C)[C@H](OC(C)(O)C(C)C(=O)OCCN(C)C)[C@H](C)C/C=C/OC2(C)Oc3c(C)c(O)c4c(c3C2=O)C2=NC3(CCN(CC(C)C)CC3)NC2=C(NC1=O)C4=O. The second kappa shape index (κ2) is 20.6. The van der Waals surface area contributed by atoms with Crippen molar-refractivity contribution in [2.45, 2.75) is 130 Å². The molecule has 1 fully saturated rings. The largest absolute Gasteiger partial charge is 0.507 e. The summed E-state index contributed by atoms with van der Waals surface area (Å²) in [4.78, 5) is 66.0. The Bertz CT molecular complexity index is 2290. The van der Waals surface area contributed by atoms with Gasteiger partial charge in [-0.25, -0.2) is 0 Å². The van der Waals surface area contributed by atoms with Gasteiger partial charge in [0.2, 0.25) is 5.78 Å². The molecule has 374 valence electrons. The number of nitrogens with one attached hydrogen (secondary N) is 2. The Morgan fingerprint density at radius 1 is 1.04 bits per heavy atom. The minimum absolute atomic E-state index is 0.0190. The number of piperidine rings is 1. The maximum Gasteiger partial charge on any atom is 0.314 e. The number of rotatable bonds is 9. The number of hydrogen-bond donors (Lipinski definition) is 6. The highest BCUT2D eigenvalue weighted by Crippen LogP contribution is 2.50. The molecule has 1 amide bonds. The molecule has 0 aromatic heterocycles. The number of fused-ring (bicyclic) bond motifs is 13. The summed E-state index contributed by atoms with van der Waals surface area (Å²) in [6, 6.07) is 0. The molecule has 6 aliphatic rings. The van der Waals surface area contributed by atoms with E-state index in [4.69, 9.17) is 23.9 Å². The van der Waals surface area contributed by atoms with Gasteiger partial charge in [-0.15, -0.1) is 0 Å². The zero-order valence-electron chi connectivity index (χ0n) is 41.8. The summed E-state index contributed by atoms with van der Waals surface area (Å²) in [5.74, 6) is -9.29. The van der Waals surface area contributed by atoms with Gasteiger partial charge in [0.25, 0.3) is 11.7 Å². The van der Waals surface area contributed by atoms with Crippen molar-refractivity contribution in [1.29, 1.82) is 0 Å². The fraction of sp³-hybridized carbons (Fsp3) is 0.627. The molecule has 0 radical (unpaired) electrons. The minimum atomic E-state index is -2.04. The predicted molar refractivity (Wildman–Crippen MR) is 255 cm³/mol. The first kappa shape index (κ1) is 52.5. The number of phenols is 1. The summed E-state index contributed by atoms with van der Waals surface area (Å²) in [7, 11) is 3.69. The van der Waals surface area contributed by atoms with Crippen LogP contribution in [0.25, 0.3) is 0 Å². The third-order valence-corrected chi connectivity index (χ3v) is 14.1. The van der Waals surface area contributed by atoms with Crippen molar-refractivity contribution in [3.63, 3.8) is 0 Å². The van der Waals surface area contributed by atoms with Crippen LogP contribution in [0.2, 0.25) is 0 Å². The molecule has 9 atom stereocenters. The van der Waals surface area contributed by atoms with E-state index in [1.165, 1.54) is 34.0 Å². The number of amides is 1. The van der Waals surface area contributed by atoms with E-state index in [1.54, 1.807) is 45.1 Å². The lowest BCUT2D eigenvalue weighted by Gasteiger charge is -2.40. The fourth-order valence-electron chi connectivity index (χ4n) is 9.42. The maximum atomic E-state index is 14.8. The first-order chi connectivity index (χ1) is 31.8. The number of aromatic hydroxyl groups is 1. The molecular weight excluding hydrogens is 875 g/mol. The first-order valence-corrected chi connectivity index (χ1v) is 23.9. The van der Waals surface area contributed by atoms with Crippen molar-refractivity contribution < 1.29 is 58.6 Å². The third kappa shape index (κ3) is 10.8. The number of aliphatic hydroxyl groups is 3. The molecule has 1 saturated heterocycles. The van der Waals surface area contributed by atoms with Gasteiger partial charge >= 0.3 is 11.8 Å². The molecule has 7 rings (SSSR count). The average Bonchev–Trinajstić information content (AvgIpc) is 3.77. The highest BCUT2D eigenvalue weighted by Gasteiger charge is 2.54. The maximum absolute atomic E-state index is 14.8. The van der Waals surface area contributed by atoms with E-state index in [0.29, 0.717) is 38.4 Å². The Kier molecular flexibility index (Phi) is 15.9. The number of likely N-dealkylation sites (N-methyl/N-ethyl adjacent to an activating group) is 1. The van der Waals surface area contributed by atoms with Crippen LogP contribution in [-0.4, -0.2) is 142 Å². The molecule has 1 aliphatic carbocycles. The van der Waals surface area contributed by atoms with E-state index < -0.39 is 88.4 Å². The number of hydrogen-bond acceptors (Lipinski definition) is 16. The summed E-state index contributed by atoms with van der Waals surface area (Å²) in [6.45, 7) is 20.0. The van der Waals surface area contributed by atoms with Crippen LogP contribution in [-0.2, 0) is 23.8 Å². The van der Waals surface area contributed by atoms with Gasteiger partial charge < -0.3 is 59.8 Å². The van der Waals surface area contributed by atoms with Crippen molar-refractivity contribution >= 4 is 29.2 Å². The third-order valence-electron chi connectivity index (χ3n) is 14.1. The van der Waals surface area contributed by atoms with Gasteiger partial charge in [0, 0.05) is 80.9 Å². The van der Waals surface area contributed by atoms with Gasteiger partial charge in [0.15, 0.2) is 5.79 Å². The molecule has 68 heavy (non-hydrogen) atoms. The van der Waals surface area contributed by atoms with Crippen LogP contribution in [0.3, 0.4) is 0 Å². The lowest BCUT2D eigenvalue weighted by molar-refractivity contribution is -0.268. The molecule has 0 saturated carbocycles. The van der Waals surface area contributed by atoms with Gasteiger partial charge in [-0.2, -0.15) is 0 Å². The Balaban J connectivity index is 1.40. The van der Waals surface area contributed by atoms with E-state index in [0.717, 1.165) is 6.54 Å². The van der Waals surface area contributed by atoms with E-state index >= 15 is 0 Å². The van der Waals surface area contributed by atoms with Crippen molar-refractivity contribution in [2.24, 2.45) is 34.6 Å². The second-order valence-electron chi connectivity index (χ2n) is 20.5. The molecule has 5 bridgehead atoms. The molecule has 17 nitrogen and oxygen atoms in total. The number of ether oxygens (including phenoxy) is 4. The minimum Gasteiger partial charge on any atom is -0.507 e. The predicted octanol–water partition coefficient (Wildman–Crippen LogP) is 4.65. The van der Waals surface area contributed by atoms with Crippen LogP contribution in [0.15, 0.2) is 52.5 Å². The average molecular weight is 948 g/mol. The molecule has 5 aliphatic heterocycles. The van der Waals surface area contributed by atoms with Crippen LogP contribution in [0.1, 0.15) is 120 Å². The van der Waals surface area contributed by atoms with Crippen molar-refractivity contribution in [1.82, 2.24) is 20.4 Å². The fourth-order valence-corrected chi connectivity index (χ4v) is 9.42. The van der Waals surface area contributed by atoms with E-state index in [2.05, 4.69) is 29.4 Å². The lowest BCUT2D eigenvalue weighted by Crippen LogP contribution is -2.50. The van der Waals surface area contributed by atoms with Gasteiger partial charge in [-0.05, 0) is 66.1 Å². The standard InChI is InChI=1S/C51H73N5O12/c1-27(2)26-56-20-18-51(19-21-56)53-39-36-37-42(59)32(7)45-38(36)46(61)50(10,68-45)66-23-14-17-29(4)44(67-49(9,64)33(8)48(63)65-24-22-55(11)12)31(6)35(58)25-34(57)28(3)15-13-16-30(5)47(62)52-41(43(37)60)40(39)54-51/h13-16,23,27-29,31,33-35,44,54,57-59,64H,17-22,24-26H2,1-12H3,(H,52,62)/b15-13+,23-14+,30-16-/t28-,29+,31+,33?,34+,35?,44+,49?,50?/m0/s1. The normalized spacial score (nSPS) is 30.9. The van der Waals surface area contributed by atoms with Crippen LogP contribution < -0.4 is 15.4 Å². The first-order valence-electron chi connectivity index (χ1n) is 23.9. The number of carbonyl (C=O) groups is 4. The number of phenolic OH excluding ortho intramolecular Hbond substituents is 1. The summed E-state index contributed by atoms with van der Waals surface area (Å²) in [5.41, 5.74) is -0.218. The van der Waals surface area contributed by atoms with Crippen LogP contribution in [0.4, 0.5) is 0 Å². The Morgan fingerprint density at radius 3 is 2.37 bits per heavy atom. The number of aliphatic hydroxyl groups excluding tert-OH is 2. The molecule has 17 heteroatoms. The quantitative estimate of drug-likeness (QED) is 0.146.